The maximum atomic E-state index is 13.2. The van der Waals surface area contributed by atoms with E-state index in [0.29, 0.717) is 36.4 Å². The summed E-state index contributed by atoms with van der Waals surface area (Å²) in [5.41, 5.74) is 0.681. The summed E-state index contributed by atoms with van der Waals surface area (Å²) in [4.78, 5) is 12.0. The molecule has 21 heavy (non-hydrogen) atoms. The Bertz CT molecular complexity index is 628. The van der Waals surface area contributed by atoms with Crippen molar-refractivity contribution in [3.8, 4) is 0 Å². The van der Waals surface area contributed by atoms with E-state index in [1.165, 1.54) is 12.1 Å². The molecule has 1 unspecified atom stereocenters. The first kappa shape index (κ1) is 15.7. The Kier molecular flexibility index (Phi) is 5.11. The molecule has 114 valence electrons. The number of amides is 1. The zero-order valence-corrected chi connectivity index (χ0v) is 12.0. The van der Waals surface area contributed by atoms with Crippen LogP contribution in [-0.2, 0) is 9.53 Å². The molecule has 1 atom stereocenters. The highest BCUT2D eigenvalue weighted by Crippen LogP contribution is 2.21. The van der Waals surface area contributed by atoms with Gasteiger partial charge in [-0.2, -0.15) is 5.10 Å². The molecule has 0 spiro atoms. The standard InChI is InChI=1S/C13H15FN4O2.ClH/c14-8-1-2-11-10(5-8)13(18-17-11)16-12(19)6-9-7-20-4-3-15-9;/h1-2,5,9,15H,3-4,6-7H2,(H2,16,17,18,19);1H. The van der Waals surface area contributed by atoms with Crippen LogP contribution in [-0.4, -0.2) is 41.9 Å². The van der Waals surface area contributed by atoms with Gasteiger partial charge in [0.15, 0.2) is 5.82 Å². The highest BCUT2D eigenvalue weighted by Gasteiger charge is 2.18. The molecule has 2 aromatic rings. The van der Waals surface area contributed by atoms with Crippen molar-refractivity contribution in [2.75, 3.05) is 25.1 Å². The molecule has 1 aromatic carbocycles. The number of anilines is 1. The summed E-state index contributed by atoms with van der Waals surface area (Å²) in [7, 11) is 0. The lowest BCUT2D eigenvalue weighted by Gasteiger charge is -2.22. The van der Waals surface area contributed by atoms with Gasteiger partial charge in [-0.25, -0.2) is 4.39 Å². The number of nitrogens with one attached hydrogen (secondary N) is 3. The highest BCUT2D eigenvalue weighted by molar-refractivity contribution is 5.99. The first-order valence-electron chi connectivity index (χ1n) is 6.47. The average molecular weight is 315 g/mol. The quantitative estimate of drug-likeness (QED) is 0.801. The van der Waals surface area contributed by atoms with Crippen molar-refractivity contribution in [2.24, 2.45) is 0 Å². The maximum absolute atomic E-state index is 13.2. The molecule has 0 saturated carbocycles. The summed E-state index contributed by atoms with van der Waals surface area (Å²) in [6.07, 6.45) is 0.295. The fourth-order valence-corrected chi connectivity index (χ4v) is 2.24. The molecule has 3 rings (SSSR count). The molecule has 1 aliphatic rings. The molecule has 1 amide bonds. The number of halogens is 2. The number of hydrogen-bond acceptors (Lipinski definition) is 4. The minimum Gasteiger partial charge on any atom is -0.378 e. The van der Waals surface area contributed by atoms with Gasteiger partial charge in [0, 0.05) is 24.4 Å². The topological polar surface area (TPSA) is 79.0 Å². The van der Waals surface area contributed by atoms with Crippen molar-refractivity contribution < 1.29 is 13.9 Å². The Hall–Kier alpha value is -1.70. The molecule has 0 radical (unpaired) electrons. The summed E-state index contributed by atoms with van der Waals surface area (Å²) < 4.78 is 18.5. The molecule has 0 bridgehead atoms. The lowest BCUT2D eigenvalue weighted by atomic mass is 10.2. The van der Waals surface area contributed by atoms with E-state index < -0.39 is 0 Å². The second kappa shape index (κ2) is 6.84. The Morgan fingerprint density at radius 1 is 1.52 bits per heavy atom. The van der Waals surface area contributed by atoms with Gasteiger partial charge in [0.05, 0.1) is 18.7 Å². The summed E-state index contributed by atoms with van der Waals surface area (Å²) in [6.45, 7) is 1.93. The highest BCUT2D eigenvalue weighted by atomic mass is 35.5. The van der Waals surface area contributed by atoms with Gasteiger partial charge in [0.1, 0.15) is 5.82 Å². The number of morpholine rings is 1. The normalized spacial score (nSPS) is 18.2. The van der Waals surface area contributed by atoms with Gasteiger partial charge in [0.2, 0.25) is 5.91 Å². The van der Waals surface area contributed by atoms with E-state index in [9.17, 15) is 9.18 Å². The van der Waals surface area contributed by atoms with Crippen molar-refractivity contribution in [1.82, 2.24) is 15.5 Å². The van der Waals surface area contributed by atoms with Crippen LogP contribution in [0.4, 0.5) is 10.2 Å². The zero-order valence-electron chi connectivity index (χ0n) is 11.2. The van der Waals surface area contributed by atoms with Crippen LogP contribution in [0.2, 0.25) is 0 Å². The van der Waals surface area contributed by atoms with Gasteiger partial charge in [-0.05, 0) is 18.2 Å². The Balaban J connectivity index is 0.00000161. The van der Waals surface area contributed by atoms with Gasteiger partial charge >= 0.3 is 0 Å². The third-order valence-electron chi connectivity index (χ3n) is 3.21. The van der Waals surface area contributed by atoms with E-state index in [4.69, 9.17) is 4.74 Å². The number of benzene rings is 1. The number of carbonyl (C=O) groups excluding carboxylic acids is 1. The zero-order chi connectivity index (χ0) is 13.9. The molecular weight excluding hydrogens is 299 g/mol. The molecule has 8 heteroatoms. The molecule has 6 nitrogen and oxygen atoms in total. The number of carbonyl (C=O) groups is 1. The van der Waals surface area contributed by atoms with Crippen LogP contribution in [0, 0.1) is 5.82 Å². The van der Waals surface area contributed by atoms with Crippen LogP contribution in [0.1, 0.15) is 6.42 Å². The molecule has 1 saturated heterocycles. The number of ether oxygens (including phenoxy) is 1. The first-order chi connectivity index (χ1) is 9.72. The van der Waals surface area contributed by atoms with Gasteiger partial charge < -0.3 is 15.4 Å². The van der Waals surface area contributed by atoms with E-state index in [1.54, 1.807) is 6.07 Å². The number of hydrogen-bond donors (Lipinski definition) is 3. The smallest absolute Gasteiger partial charge is 0.227 e. The second-order valence-corrected chi connectivity index (χ2v) is 4.74. The average Bonchev–Trinajstić information content (AvgIpc) is 2.82. The minimum atomic E-state index is -0.364. The van der Waals surface area contributed by atoms with E-state index in [1.807, 2.05) is 0 Å². The number of rotatable bonds is 3. The number of aromatic nitrogens is 2. The Morgan fingerprint density at radius 2 is 2.38 bits per heavy atom. The van der Waals surface area contributed by atoms with Crippen LogP contribution in [0.25, 0.3) is 10.9 Å². The van der Waals surface area contributed by atoms with Crippen molar-refractivity contribution >= 4 is 35.0 Å². The lowest BCUT2D eigenvalue weighted by Crippen LogP contribution is -2.43. The molecule has 3 N–H and O–H groups in total. The summed E-state index contributed by atoms with van der Waals surface area (Å²) in [6, 6.07) is 4.28. The summed E-state index contributed by atoms with van der Waals surface area (Å²) >= 11 is 0. The molecular formula is C13H16ClFN4O2. The number of nitrogens with zero attached hydrogens (tertiary/aromatic N) is 1. The van der Waals surface area contributed by atoms with Crippen LogP contribution in [0.5, 0.6) is 0 Å². The fraction of sp³-hybridized carbons (Fsp3) is 0.385. The van der Waals surface area contributed by atoms with Crippen LogP contribution in [0.15, 0.2) is 18.2 Å². The minimum absolute atomic E-state index is 0. The number of aromatic amines is 1. The summed E-state index contributed by atoms with van der Waals surface area (Å²) in [5.74, 6) is -0.191. The first-order valence-corrected chi connectivity index (χ1v) is 6.47. The molecule has 2 heterocycles. The van der Waals surface area contributed by atoms with E-state index in [-0.39, 0.29) is 30.2 Å². The van der Waals surface area contributed by atoms with Crippen LogP contribution in [0.3, 0.4) is 0 Å². The van der Waals surface area contributed by atoms with Gasteiger partial charge in [0.25, 0.3) is 0 Å². The monoisotopic (exact) mass is 314 g/mol. The molecule has 1 fully saturated rings. The Labute approximate surface area is 126 Å². The van der Waals surface area contributed by atoms with Gasteiger partial charge in [-0.3, -0.25) is 9.89 Å². The number of fused-ring (bicyclic) bond motifs is 1. The summed E-state index contributed by atoms with van der Waals surface area (Å²) in [5, 5.41) is 13.2. The fourth-order valence-electron chi connectivity index (χ4n) is 2.24. The second-order valence-electron chi connectivity index (χ2n) is 4.74. The maximum Gasteiger partial charge on any atom is 0.227 e. The van der Waals surface area contributed by atoms with Gasteiger partial charge in [-0.1, -0.05) is 0 Å². The van der Waals surface area contributed by atoms with E-state index >= 15 is 0 Å². The third-order valence-corrected chi connectivity index (χ3v) is 3.21. The van der Waals surface area contributed by atoms with Crippen molar-refractivity contribution in [2.45, 2.75) is 12.5 Å². The molecule has 1 aliphatic heterocycles. The van der Waals surface area contributed by atoms with Crippen molar-refractivity contribution in [3.63, 3.8) is 0 Å². The van der Waals surface area contributed by atoms with Crippen molar-refractivity contribution in [3.05, 3.63) is 24.0 Å². The van der Waals surface area contributed by atoms with E-state index in [2.05, 4.69) is 20.8 Å². The molecule has 0 aliphatic carbocycles. The van der Waals surface area contributed by atoms with Crippen LogP contribution < -0.4 is 10.6 Å². The number of H-pyrrole nitrogens is 1. The van der Waals surface area contributed by atoms with E-state index in [0.717, 1.165) is 6.54 Å². The largest absolute Gasteiger partial charge is 0.378 e. The van der Waals surface area contributed by atoms with Crippen LogP contribution >= 0.6 is 12.4 Å². The Morgan fingerprint density at radius 3 is 3.14 bits per heavy atom. The lowest BCUT2D eigenvalue weighted by molar-refractivity contribution is -0.117. The third kappa shape index (κ3) is 3.69. The SMILES string of the molecule is Cl.O=C(CC1COCCN1)Nc1n[nH]c2ccc(F)cc12. The molecule has 1 aromatic heterocycles. The van der Waals surface area contributed by atoms with Gasteiger partial charge in [-0.15, -0.1) is 12.4 Å². The predicted molar refractivity (Wildman–Crippen MR) is 79.2 cm³/mol. The predicted octanol–water partition coefficient (Wildman–Crippen LogP) is 1.44. The van der Waals surface area contributed by atoms with Crippen molar-refractivity contribution in [1.29, 1.82) is 0 Å².